The minimum absolute atomic E-state index is 0.0322. The van der Waals surface area contributed by atoms with Crippen LogP contribution in [0.4, 0.5) is 4.79 Å². The van der Waals surface area contributed by atoms with Crippen LogP contribution in [0, 0.1) is 0 Å². The topological polar surface area (TPSA) is 132 Å². The fraction of sp³-hybridized carbons (Fsp3) is 0.150. The molecule has 0 radical (unpaired) electrons. The highest BCUT2D eigenvalue weighted by Crippen LogP contribution is 2.27. The van der Waals surface area contributed by atoms with Crippen molar-refractivity contribution < 1.29 is 33.4 Å². The molecule has 252 valence electrons. The van der Waals surface area contributed by atoms with E-state index >= 15 is 0 Å². The van der Waals surface area contributed by atoms with Crippen molar-refractivity contribution >= 4 is 23.9 Å². The van der Waals surface area contributed by atoms with Gasteiger partial charge in [-0.15, -0.1) is 0 Å². The zero-order valence-electron chi connectivity index (χ0n) is 26.9. The van der Waals surface area contributed by atoms with Crippen molar-refractivity contribution in [1.29, 1.82) is 0 Å². The Balaban J connectivity index is 1.07. The van der Waals surface area contributed by atoms with Crippen molar-refractivity contribution in [3.05, 3.63) is 173 Å². The van der Waals surface area contributed by atoms with E-state index in [9.17, 15) is 19.2 Å². The number of nitrogens with one attached hydrogen (secondary N) is 3. The van der Waals surface area contributed by atoms with Gasteiger partial charge in [-0.05, 0) is 46.5 Å². The van der Waals surface area contributed by atoms with Crippen LogP contribution in [0.15, 0.2) is 146 Å². The maximum absolute atomic E-state index is 13.4. The fourth-order valence-electron chi connectivity index (χ4n) is 5.39. The predicted octanol–water partition coefficient (Wildman–Crippen LogP) is 5.49. The van der Waals surface area contributed by atoms with E-state index in [-0.39, 0.29) is 13.0 Å². The number of alkyl carbamates (subject to hydrolysis) is 1. The average molecular weight is 670 g/mol. The molecule has 0 bridgehead atoms. The van der Waals surface area contributed by atoms with Gasteiger partial charge < -0.3 is 30.2 Å². The van der Waals surface area contributed by atoms with Gasteiger partial charge in [0, 0.05) is 6.42 Å². The minimum Gasteiger partial charge on any atom is -0.468 e. The molecule has 0 aliphatic carbocycles. The van der Waals surface area contributed by atoms with Gasteiger partial charge in [0.15, 0.2) is 12.1 Å². The van der Waals surface area contributed by atoms with Crippen molar-refractivity contribution in [2.75, 3.05) is 0 Å². The molecule has 1 aliphatic rings. The Morgan fingerprint density at radius 1 is 0.680 bits per heavy atom. The second-order valence-electron chi connectivity index (χ2n) is 11.6. The van der Waals surface area contributed by atoms with E-state index in [2.05, 4.69) is 16.0 Å². The highest BCUT2D eigenvalue weighted by Gasteiger charge is 2.43. The van der Waals surface area contributed by atoms with Crippen molar-refractivity contribution in [2.24, 2.45) is 0 Å². The molecule has 0 saturated carbocycles. The lowest BCUT2D eigenvalue weighted by molar-refractivity contribution is -0.143. The van der Waals surface area contributed by atoms with E-state index < -0.39 is 48.3 Å². The van der Waals surface area contributed by atoms with Gasteiger partial charge in [-0.3, -0.25) is 9.59 Å². The van der Waals surface area contributed by atoms with Crippen LogP contribution in [-0.4, -0.2) is 42.2 Å². The molecule has 0 spiro atoms. The monoisotopic (exact) mass is 669 g/mol. The summed E-state index contributed by atoms with van der Waals surface area (Å²) < 4.78 is 17.2. The number of carbonyl (C=O) groups is 4. The molecule has 1 heterocycles. The number of β-lactam (4-membered cyclic amide) rings is 1. The molecule has 6 rings (SSSR count). The second kappa shape index (κ2) is 16.1. The summed E-state index contributed by atoms with van der Waals surface area (Å²) in [5.41, 5.74) is 3.59. The van der Waals surface area contributed by atoms with Crippen LogP contribution in [-0.2, 0) is 32.1 Å². The van der Waals surface area contributed by atoms with Crippen molar-refractivity contribution in [3.63, 3.8) is 0 Å². The Morgan fingerprint density at radius 3 is 1.78 bits per heavy atom. The first-order valence-electron chi connectivity index (χ1n) is 16.1. The molecule has 50 heavy (non-hydrogen) atoms. The van der Waals surface area contributed by atoms with Gasteiger partial charge >= 0.3 is 12.1 Å². The summed E-state index contributed by atoms with van der Waals surface area (Å²) in [6.07, 6.45) is -2.08. The summed E-state index contributed by atoms with van der Waals surface area (Å²) in [4.78, 5) is 51.9. The summed E-state index contributed by atoms with van der Waals surface area (Å²) in [6.45, 7) is 0.0322. The van der Waals surface area contributed by atoms with E-state index in [0.717, 1.165) is 22.3 Å². The summed E-state index contributed by atoms with van der Waals surface area (Å²) in [6, 6.07) is 41.6. The summed E-state index contributed by atoms with van der Waals surface area (Å²) >= 11 is 0. The molecule has 1 fully saturated rings. The molecule has 1 aliphatic heterocycles. The van der Waals surface area contributed by atoms with Gasteiger partial charge in [0.1, 0.15) is 18.4 Å². The number of hydrogen-bond donors (Lipinski definition) is 3. The Hall–Kier alpha value is -6.42. The van der Waals surface area contributed by atoms with Crippen molar-refractivity contribution in [2.45, 2.75) is 37.4 Å². The molecule has 10 nitrogen and oxygen atoms in total. The molecule has 5 aromatic carbocycles. The first kappa shape index (κ1) is 33.5. The van der Waals surface area contributed by atoms with Gasteiger partial charge in [-0.25, -0.2) is 9.59 Å². The van der Waals surface area contributed by atoms with Gasteiger partial charge in [0.2, 0.25) is 12.1 Å². The standard InChI is InChI=1S/C40H35N3O7/c44-36(33(25-27-13-5-1-6-14-27)41-40(47)48-26-28-15-7-2-8-16-28)42-34-37(45)43-38(34)49-32-23-21-31(22-24-32)39(46)50-35(29-17-9-3-10-18-29)30-19-11-4-12-20-30/h1-24,33-35,38H,25-26H2,(H,41,47)(H,42,44)(H,43,45)/t33-,34+,38-/m0/s1. The highest BCUT2D eigenvalue weighted by atomic mass is 16.6. The fourth-order valence-corrected chi connectivity index (χ4v) is 5.39. The molecule has 5 aromatic rings. The van der Waals surface area contributed by atoms with Crippen LogP contribution in [0.3, 0.4) is 0 Å². The number of esters is 1. The van der Waals surface area contributed by atoms with E-state index in [1.807, 2.05) is 121 Å². The lowest BCUT2D eigenvalue weighted by Gasteiger charge is -2.37. The molecule has 10 heteroatoms. The second-order valence-corrected chi connectivity index (χ2v) is 11.6. The molecule has 3 amide bonds. The van der Waals surface area contributed by atoms with E-state index in [0.29, 0.717) is 11.3 Å². The SMILES string of the molecule is O=C(N[C@@H](Cc1ccccc1)C(=O)N[C@@H]1C(=O)N[C@H]1Oc1ccc(C(=O)OC(c2ccccc2)c2ccccc2)cc1)OCc1ccccc1. The number of benzene rings is 5. The van der Waals surface area contributed by atoms with Gasteiger partial charge in [-0.1, -0.05) is 121 Å². The third-order valence-corrected chi connectivity index (χ3v) is 8.05. The Bertz CT molecular complexity index is 1850. The van der Waals surface area contributed by atoms with Crippen LogP contribution < -0.4 is 20.7 Å². The minimum atomic E-state index is -1.03. The molecule has 0 unspecified atom stereocenters. The molecular weight excluding hydrogens is 634 g/mol. The first-order valence-corrected chi connectivity index (χ1v) is 16.1. The summed E-state index contributed by atoms with van der Waals surface area (Å²) in [5.74, 6) is -1.18. The number of rotatable bonds is 13. The van der Waals surface area contributed by atoms with Gasteiger partial charge in [0.25, 0.3) is 5.91 Å². The third kappa shape index (κ3) is 8.73. The summed E-state index contributed by atoms with van der Waals surface area (Å²) in [7, 11) is 0. The van der Waals surface area contributed by atoms with Crippen LogP contribution in [0.25, 0.3) is 0 Å². The van der Waals surface area contributed by atoms with E-state index in [4.69, 9.17) is 14.2 Å². The smallest absolute Gasteiger partial charge is 0.408 e. The lowest BCUT2D eigenvalue weighted by Crippen LogP contribution is -2.72. The largest absolute Gasteiger partial charge is 0.468 e. The van der Waals surface area contributed by atoms with Gasteiger partial charge in [-0.2, -0.15) is 0 Å². The molecular formula is C40H35N3O7. The highest BCUT2D eigenvalue weighted by molar-refractivity contribution is 5.95. The van der Waals surface area contributed by atoms with E-state index in [1.54, 1.807) is 24.3 Å². The van der Waals surface area contributed by atoms with Crippen LogP contribution in [0.2, 0.25) is 0 Å². The molecule has 0 aromatic heterocycles. The van der Waals surface area contributed by atoms with Gasteiger partial charge in [0.05, 0.1) is 5.56 Å². The zero-order valence-corrected chi connectivity index (χ0v) is 26.9. The number of amides is 3. The van der Waals surface area contributed by atoms with E-state index in [1.165, 1.54) is 0 Å². The normalized spacial score (nSPS) is 15.5. The number of carbonyl (C=O) groups excluding carboxylic acids is 4. The Labute approximate surface area is 289 Å². The van der Waals surface area contributed by atoms with Crippen LogP contribution in [0.1, 0.15) is 38.7 Å². The maximum Gasteiger partial charge on any atom is 0.408 e. The first-order chi connectivity index (χ1) is 24.4. The van der Waals surface area contributed by atoms with Crippen LogP contribution in [0.5, 0.6) is 5.75 Å². The number of hydrogen-bond acceptors (Lipinski definition) is 7. The van der Waals surface area contributed by atoms with Crippen LogP contribution >= 0.6 is 0 Å². The van der Waals surface area contributed by atoms with Crippen molar-refractivity contribution in [3.8, 4) is 5.75 Å². The Morgan fingerprint density at radius 2 is 1.22 bits per heavy atom. The zero-order chi connectivity index (χ0) is 34.7. The third-order valence-electron chi connectivity index (χ3n) is 8.05. The van der Waals surface area contributed by atoms with Crippen molar-refractivity contribution in [1.82, 2.24) is 16.0 Å². The Kier molecular flexibility index (Phi) is 10.8. The lowest BCUT2D eigenvalue weighted by atomic mass is 10.0. The predicted molar refractivity (Wildman–Crippen MR) is 185 cm³/mol. The molecule has 3 N–H and O–H groups in total. The summed E-state index contributed by atoms with van der Waals surface area (Å²) in [5, 5.41) is 7.96. The maximum atomic E-state index is 13.4. The molecule has 3 atom stereocenters. The quantitative estimate of drug-likeness (QED) is 0.112. The average Bonchev–Trinajstić information content (AvgIpc) is 3.16. The number of ether oxygens (including phenoxy) is 3. The molecule has 1 saturated heterocycles.